The molecular formula is C81H158O17P2. The van der Waals surface area contributed by atoms with E-state index in [0.29, 0.717) is 31.6 Å². The summed E-state index contributed by atoms with van der Waals surface area (Å²) in [7, 11) is -9.92. The largest absolute Gasteiger partial charge is 0.472 e. The molecular weight excluding hydrogens is 1310 g/mol. The van der Waals surface area contributed by atoms with Crippen LogP contribution in [0, 0.1) is 23.7 Å². The minimum atomic E-state index is -4.96. The van der Waals surface area contributed by atoms with Crippen molar-refractivity contribution in [3.8, 4) is 0 Å². The number of carbonyl (C=O) groups excluding carboxylic acids is 4. The number of aliphatic hydroxyl groups is 1. The van der Waals surface area contributed by atoms with Gasteiger partial charge >= 0.3 is 39.5 Å². The Bertz CT molecular complexity index is 1960. The van der Waals surface area contributed by atoms with Gasteiger partial charge in [0.2, 0.25) is 0 Å². The highest BCUT2D eigenvalue weighted by Crippen LogP contribution is 2.45. The van der Waals surface area contributed by atoms with Gasteiger partial charge in [0.25, 0.3) is 0 Å². The number of unbranched alkanes of at least 4 members (excludes halogenated alkanes) is 42. The van der Waals surface area contributed by atoms with E-state index in [9.17, 15) is 43.2 Å². The average molecular weight is 1470 g/mol. The van der Waals surface area contributed by atoms with E-state index >= 15 is 0 Å². The number of esters is 4. The van der Waals surface area contributed by atoms with Crippen molar-refractivity contribution in [1.82, 2.24) is 0 Å². The van der Waals surface area contributed by atoms with Gasteiger partial charge in [-0.1, -0.05) is 364 Å². The van der Waals surface area contributed by atoms with Crippen LogP contribution in [0.2, 0.25) is 0 Å². The van der Waals surface area contributed by atoms with Crippen LogP contribution < -0.4 is 0 Å². The first kappa shape index (κ1) is 98.1. The molecule has 0 fully saturated rings. The Morgan fingerprint density at radius 3 is 0.710 bits per heavy atom. The van der Waals surface area contributed by atoms with Gasteiger partial charge in [0.15, 0.2) is 12.2 Å². The molecule has 0 spiro atoms. The molecule has 0 aromatic rings. The lowest BCUT2D eigenvalue weighted by atomic mass is 9.99. The summed E-state index contributed by atoms with van der Waals surface area (Å²) in [5.74, 6) is 1.00. The molecule has 4 unspecified atom stereocenters. The Balaban J connectivity index is 5.17. The smallest absolute Gasteiger partial charge is 0.462 e. The summed E-state index contributed by atoms with van der Waals surface area (Å²) in [6, 6.07) is 0. The summed E-state index contributed by atoms with van der Waals surface area (Å²) in [5.41, 5.74) is 0. The second kappa shape index (κ2) is 70.1. The molecule has 0 heterocycles. The molecule has 0 rings (SSSR count). The van der Waals surface area contributed by atoms with Crippen LogP contribution in [0.1, 0.15) is 415 Å². The summed E-state index contributed by atoms with van der Waals surface area (Å²) in [6.07, 6.45) is 57.0. The van der Waals surface area contributed by atoms with Gasteiger partial charge in [-0.3, -0.25) is 37.3 Å². The van der Waals surface area contributed by atoms with Crippen molar-refractivity contribution in [1.29, 1.82) is 0 Å². The SMILES string of the molecule is CCC(C)CCCCCCCCCCCCCCCCC(=O)OC[C@H](COP(=O)(O)OC[C@@H](O)COP(=O)(O)OC[C@@H](COC(=O)CCCCCCCCC(C)CC)OC(=O)CCCCCCCCCCCCCCCCCCCCC(C)C)OC(=O)CCCCCCCCCCC(C)C. The van der Waals surface area contributed by atoms with Crippen LogP contribution in [0.3, 0.4) is 0 Å². The second-order valence-electron chi connectivity index (χ2n) is 30.6. The third kappa shape index (κ3) is 71.7. The molecule has 0 aromatic heterocycles. The second-order valence-corrected chi connectivity index (χ2v) is 33.5. The van der Waals surface area contributed by atoms with Gasteiger partial charge in [0.05, 0.1) is 26.4 Å². The minimum Gasteiger partial charge on any atom is -0.462 e. The minimum absolute atomic E-state index is 0.104. The lowest BCUT2D eigenvalue weighted by Gasteiger charge is -2.21. The summed E-state index contributed by atoms with van der Waals surface area (Å²) >= 11 is 0. The van der Waals surface area contributed by atoms with Crippen LogP contribution in [0.5, 0.6) is 0 Å². The van der Waals surface area contributed by atoms with Crippen LogP contribution >= 0.6 is 15.6 Å². The molecule has 0 aliphatic rings. The zero-order chi connectivity index (χ0) is 73.8. The molecule has 19 heteroatoms. The number of ether oxygens (including phenoxy) is 4. The molecule has 0 aliphatic carbocycles. The predicted molar refractivity (Wildman–Crippen MR) is 409 cm³/mol. The molecule has 0 aromatic carbocycles. The van der Waals surface area contributed by atoms with Crippen LogP contribution in [-0.2, 0) is 65.4 Å². The maximum absolute atomic E-state index is 13.1. The molecule has 594 valence electrons. The molecule has 0 aliphatic heterocycles. The maximum Gasteiger partial charge on any atom is 0.472 e. The molecule has 0 amide bonds. The van der Waals surface area contributed by atoms with Crippen LogP contribution in [0.25, 0.3) is 0 Å². The van der Waals surface area contributed by atoms with Gasteiger partial charge in [0.1, 0.15) is 19.3 Å². The van der Waals surface area contributed by atoms with Gasteiger partial charge in [0, 0.05) is 25.7 Å². The number of phosphoric ester groups is 2. The summed E-state index contributed by atoms with van der Waals surface area (Å²) in [5, 5.41) is 10.6. The molecule has 3 N–H and O–H groups in total. The standard InChI is InChI=1S/C81H158O17P2/c1-9-73(7)59-51-43-35-28-24-20-17-18-21-25-29-36-45-53-61-78(83)91-67-76(98-81(86)64-56-48-38-32-31-34-42-50-58-72(5)6)69-95-99(87,88)93-65-75(82)66-94-100(89,90)96-70-77(68-92-79(84)62-54-46-40-39-44-52-60-74(8)10-2)97-80(85)63-55-47-37-30-26-22-16-14-12-11-13-15-19-23-27-33-41-49-57-71(3)4/h71-77,82H,9-70H2,1-8H3,(H,87,88)(H,89,90)/t73?,74?,75-,76-,77-/m1/s1. The normalized spacial score (nSPS) is 14.6. The fourth-order valence-corrected chi connectivity index (χ4v) is 13.9. The highest BCUT2D eigenvalue weighted by atomic mass is 31.2. The monoisotopic (exact) mass is 1470 g/mol. The lowest BCUT2D eigenvalue weighted by molar-refractivity contribution is -0.161. The van der Waals surface area contributed by atoms with E-state index < -0.39 is 97.5 Å². The van der Waals surface area contributed by atoms with Gasteiger partial charge in [-0.15, -0.1) is 0 Å². The van der Waals surface area contributed by atoms with Crippen molar-refractivity contribution < 1.29 is 80.2 Å². The quantitative estimate of drug-likeness (QED) is 0.0222. The fourth-order valence-electron chi connectivity index (χ4n) is 12.4. The van der Waals surface area contributed by atoms with Gasteiger partial charge in [-0.25, -0.2) is 9.13 Å². The van der Waals surface area contributed by atoms with Crippen molar-refractivity contribution in [2.45, 2.75) is 433 Å². The number of aliphatic hydroxyl groups excluding tert-OH is 1. The Kier molecular flexibility index (Phi) is 68.7. The molecule has 7 atom stereocenters. The summed E-state index contributed by atoms with van der Waals surface area (Å²) in [6.45, 7) is 14.2. The van der Waals surface area contributed by atoms with Crippen molar-refractivity contribution in [3.05, 3.63) is 0 Å². The highest BCUT2D eigenvalue weighted by molar-refractivity contribution is 7.47. The van der Waals surface area contributed by atoms with E-state index in [0.717, 1.165) is 114 Å². The average Bonchev–Trinajstić information content (AvgIpc) is 1.19. The van der Waals surface area contributed by atoms with E-state index in [1.54, 1.807) is 0 Å². The van der Waals surface area contributed by atoms with E-state index in [-0.39, 0.29) is 25.7 Å². The van der Waals surface area contributed by atoms with Crippen LogP contribution in [0.4, 0.5) is 0 Å². The molecule has 100 heavy (non-hydrogen) atoms. The van der Waals surface area contributed by atoms with Gasteiger partial charge < -0.3 is 33.8 Å². The molecule has 0 saturated carbocycles. The molecule has 0 bridgehead atoms. The Hall–Kier alpha value is -1.94. The summed E-state index contributed by atoms with van der Waals surface area (Å²) < 4.78 is 68.7. The highest BCUT2D eigenvalue weighted by Gasteiger charge is 2.30. The van der Waals surface area contributed by atoms with Crippen molar-refractivity contribution >= 4 is 39.5 Å². The van der Waals surface area contributed by atoms with Crippen LogP contribution in [0.15, 0.2) is 0 Å². The zero-order valence-corrected chi connectivity index (χ0v) is 67.6. The lowest BCUT2D eigenvalue weighted by Crippen LogP contribution is -2.30. The number of rotatable bonds is 78. The van der Waals surface area contributed by atoms with Crippen molar-refractivity contribution in [2.24, 2.45) is 23.7 Å². The van der Waals surface area contributed by atoms with E-state index in [1.165, 1.54) is 212 Å². The Morgan fingerprint density at radius 2 is 0.480 bits per heavy atom. The Morgan fingerprint density at radius 1 is 0.280 bits per heavy atom. The number of carbonyl (C=O) groups is 4. The number of hydrogen-bond donors (Lipinski definition) is 3. The number of phosphoric acid groups is 2. The fraction of sp³-hybridized carbons (Fsp3) is 0.951. The number of hydrogen-bond acceptors (Lipinski definition) is 15. The Labute approximate surface area is 613 Å². The van der Waals surface area contributed by atoms with Gasteiger partial charge in [-0.05, 0) is 49.4 Å². The molecule has 0 radical (unpaired) electrons. The topological polar surface area (TPSA) is 237 Å². The third-order valence-corrected chi connectivity index (χ3v) is 21.4. The van der Waals surface area contributed by atoms with Crippen molar-refractivity contribution in [3.63, 3.8) is 0 Å². The van der Waals surface area contributed by atoms with E-state index in [2.05, 4.69) is 55.4 Å². The van der Waals surface area contributed by atoms with Crippen molar-refractivity contribution in [2.75, 3.05) is 39.6 Å². The maximum atomic E-state index is 13.1. The van der Waals surface area contributed by atoms with Gasteiger partial charge in [-0.2, -0.15) is 0 Å². The molecule has 0 saturated heterocycles. The van der Waals surface area contributed by atoms with E-state index in [1.807, 2.05) is 0 Å². The first-order chi connectivity index (χ1) is 48.2. The van der Waals surface area contributed by atoms with Crippen LogP contribution in [-0.4, -0.2) is 96.7 Å². The first-order valence-electron chi connectivity index (χ1n) is 41.8. The third-order valence-electron chi connectivity index (χ3n) is 19.5. The predicted octanol–water partition coefficient (Wildman–Crippen LogP) is 24.0. The first-order valence-corrected chi connectivity index (χ1v) is 44.8. The zero-order valence-electron chi connectivity index (χ0n) is 65.8. The molecule has 17 nitrogen and oxygen atoms in total. The van der Waals surface area contributed by atoms with E-state index in [4.69, 9.17) is 37.0 Å². The summed E-state index contributed by atoms with van der Waals surface area (Å²) in [4.78, 5) is 73.0.